The van der Waals surface area contributed by atoms with Crippen LogP contribution in [0.2, 0.25) is 0 Å². The average molecular weight is 378 g/mol. The number of para-hydroxylation sites is 1. The van der Waals surface area contributed by atoms with E-state index in [1.54, 1.807) is 0 Å². The van der Waals surface area contributed by atoms with Crippen molar-refractivity contribution in [2.24, 2.45) is 5.10 Å². The van der Waals surface area contributed by atoms with Gasteiger partial charge < -0.3 is 0 Å². The molecular formula is C24H18N4O. The van der Waals surface area contributed by atoms with Crippen LogP contribution in [0, 0.1) is 0 Å². The van der Waals surface area contributed by atoms with Crippen LogP contribution in [-0.4, -0.2) is 21.4 Å². The Labute approximate surface area is 168 Å². The molecule has 1 aliphatic heterocycles. The number of aromatic nitrogens is 2. The maximum atomic E-state index is 12.2. The third-order valence-electron chi connectivity index (χ3n) is 5.07. The summed E-state index contributed by atoms with van der Waals surface area (Å²) >= 11 is 0. The van der Waals surface area contributed by atoms with Gasteiger partial charge in [-0.05, 0) is 35.9 Å². The number of rotatable bonds is 3. The topological polar surface area (TPSA) is 59.3 Å². The van der Waals surface area contributed by atoms with E-state index >= 15 is 0 Å². The first-order valence-corrected chi connectivity index (χ1v) is 9.40. The Morgan fingerprint density at radius 2 is 1.69 bits per heavy atom. The molecule has 0 saturated heterocycles. The van der Waals surface area contributed by atoms with Gasteiger partial charge in [-0.15, -0.1) is 0 Å². The summed E-state index contributed by atoms with van der Waals surface area (Å²) in [6.07, 6.45) is 3.82. The second kappa shape index (κ2) is 6.87. The van der Waals surface area contributed by atoms with E-state index in [-0.39, 0.29) is 5.91 Å². The average Bonchev–Trinajstić information content (AvgIpc) is 3.33. The fourth-order valence-electron chi connectivity index (χ4n) is 3.59. The van der Waals surface area contributed by atoms with Crippen molar-refractivity contribution in [3.05, 3.63) is 90.1 Å². The maximum absolute atomic E-state index is 12.2. The molecule has 0 bridgehead atoms. The second-order valence-electron chi connectivity index (χ2n) is 6.94. The Kier molecular flexibility index (Phi) is 4.06. The molecular weight excluding hydrogens is 360 g/mol. The Morgan fingerprint density at radius 3 is 2.48 bits per heavy atom. The van der Waals surface area contributed by atoms with Gasteiger partial charge in [0, 0.05) is 17.3 Å². The summed E-state index contributed by atoms with van der Waals surface area (Å²) in [5.41, 5.74) is 7.42. The lowest BCUT2D eigenvalue weighted by Crippen LogP contribution is -2.12. The number of amides is 1. The SMILES string of the molecule is CC1=NNC(=O)C1=Cc1cn(-c2ccccc2)nc1-c1cccc2ccccc12. The lowest BCUT2D eigenvalue weighted by molar-refractivity contribution is -0.116. The van der Waals surface area contributed by atoms with Gasteiger partial charge in [-0.25, -0.2) is 10.1 Å². The summed E-state index contributed by atoms with van der Waals surface area (Å²) in [7, 11) is 0. The first-order valence-electron chi connectivity index (χ1n) is 9.40. The highest BCUT2D eigenvalue weighted by molar-refractivity contribution is 6.27. The quantitative estimate of drug-likeness (QED) is 0.531. The molecule has 1 aliphatic rings. The van der Waals surface area contributed by atoms with Crippen molar-refractivity contribution in [1.82, 2.24) is 15.2 Å². The van der Waals surface area contributed by atoms with Crippen molar-refractivity contribution >= 4 is 28.5 Å². The monoisotopic (exact) mass is 378 g/mol. The Hall–Kier alpha value is -3.99. The molecule has 5 nitrogen and oxygen atoms in total. The zero-order valence-corrected chi connectivity index (χ0v) is 15.8. The van der Waals surface area contributed by atoms with Crippen LogP contribution in [0.15, 0.2) is 89.7 Å². The van der Waals surface area contributed by atoms with Crippen LogP contribution in [0.3, 0.4) is 0 Å². The van der Waals surface area contributed by atoms with Crippen LogP contribution >= 0.6 is 0 Å². The molecule has 29 heavy (non-hydrogen) atoms. The van der Waals surface area contributed by atoms with Crippen LogP contribution < -0.4 is 5.43 Å². The molecule has 0 aliphatic carbocycles. The van der Waals surface area contributed by atoms with E-state index in [0.29, 0.717) is 11.3 Å². The minimum Gasteiger partial charge on any atom is -0.267 e. The van der Waals surface area contributed by atoms with Crippen LogP contribution in [-0.2, 0) is 4.79 Å². The Morgan fingerprint density at radius 1 is 0.931 bits per heavy atom. The van der Waals surface area contributed by atoms with E-state index in [0.717, 1.165) is 33.3 Å². The standard InChI is InChI=1S/C24H18N4O/c1-16-22(24(29)26-25-16)14-18-15-28(19-10-3-2-4-11-19)27-23(18)21-13-7-9-17-8-5-6-12-20(17)21/h2-15H,1H3,(H,26,29). The first kappa shape index (κ1) is 17.1. The molecule has 0 saturated carbocycles. The molecule has 3 aromatic carbocycles. The Balaban J connectivity index is 1.75. The molecule has 2 heterocycles. The van der Waals surface area contributed by atoms with Gasteiger partial charge in [0.2, 0.25) is 0 Å². The van der Waals surface area contributed by atoms with Crippen LogP contribution in [0.25, 0.3) is 33.8 Å². The lowest BCUT2D eigenvalue weighted by atomic mass is 9.99. The van der Waals surface area contributed by atoms with Gasteiger partial charge in [0.1, 0.15) is 5.69 Å². The number of carbonyl (C=O) groups excluding carboxylic acids is 1. The number of nitrogens with zero attached hydrogens (tertiary/aromatic N) is 3. The van der Waals surface area contributed by atoms with Gasteiger partial charge in [0.15, 0.2) is 0 Å². The summed E-state index contributed by atoms with van der Waals surface area (Å²) in [4.78, 5) is 12.2. The van der Waals surface area contributed by atoms with Crippen molar-refractivity contribution in [1.29, 1.82) is 0 Å². The maximum Gasteiger partial charge on any atom is 0.273 e. The van der Waals surface area contributed by atoms with Gasteiger partial charge in [-0.3, -0.25) is 4.79 Å². The largest absolute Gasteiger partial charge is 0.273 e. The highest BCUT2D eigenvalue weighted by Crippen LogP contribution is 2.32. The van der Waals surface area contributed by atoms with Crippen molar-refractivity contribution in [3.63, 3.8) is 0 Å². The number of hydrogen-bond donors (Lipinski definition) is 1. The first-order chi connectivity index (χ1) is 14.2. The molecule has 0 radical (unpaired) electrons. The molecule has 0 atom stereocenters. The van der Waals surface area contributed by atoms with E-state index in [9.17, 15) is 4.79 Å². The molecule has 0 fully saturated rings. The Bertz CT molecular complexity index is 1290. The number of hydrogen-bond acceptors (Lipinski definition) is 3. The zero-order chi connectivity index (χ0) is 19.8. The molecule has 5 rings (SSSR count). The van der Waals surface area contributed by atoms with Gasteiger partial charge in [0.05, 0.1) is 17.0 Å². The molecule has 0 unspecified atom stereocenters. The summed E-state index contributed by atoms with van der Waals surface area (Å²) in [5.74, 6) is -0.196. The third kappa shape index (κ3) is 3.02. The molecule has 1 N–H and O–H groups in total. The number of fused-ring (bicyclic) bond motifs is 1. The fraction of sp³-hybridized carbons (Fsp3) is 0.0417. The molecule has 1 aromatic heterocycles. The second-order valence-corrected chi connectivity index (χ2v) is 6.94. The minimum atomic E-state index is -0.196. The van der Waals surface area contributed by atoms with Crippen molar-refractivity contribution < 1.29 is 4.79 Å². The zero-order valence-electron chi connectivity index (χ0n) is 15.8. The number of hydrazone groups is 1. The van der Waals surface area contributed by atoms with Crippen molar-refractivity contribution in [3.8, 4) is 16.9 Å². The van der Waals surface area contributed by atoms with E-state index in [2.05, 4.69) is 34.8 Å². The number of nitrogens with one attached hydrogen (secondary N) is 1. The van der Waals surface area contributed by atoms with E-state index in [1.165, 1.54) is 0 Å². The van der Waals surface area contributed by atoms with Crippen molar-refractivity contribution in [2.45, 2.75) is 6.92 Å². The summed E-state index contributed by atoms with van der Waals surface area (Å²) in [6.45, 7) is 1.82. The molecule has 140 valence electrons. The van der Waals surface area contributed by atoms with Gasteiger partial charge in [0.25, 0.3) is 5.91 Å². The van der Waals surface area contributed by atoms with Crippen LogP contribution in [0.5, 0.6) is 0 Å². The highest BCUT2D eigenvalue weighted by atomic mass is 16.2. The number of carbonyl (C=O) groups is 1. The summed E-state index contributed by atoms with van der Waals surface area (Å²) in [5, 5.41) is 11.2. The predicted octanol–water partition coefficient (Wildman–Crippen LogP) is 4.58. The highest BCUT2D eigenvalue weighted by Gasteiger charge is 2.21. The molecule has 5 heteroatoms. The van der Waals surface area contributed by atoms with Crippen LogP contribution in [0.1, 0.15) is 12.5 Å². The van der Waals surface area contributed by atoms with Gasteiger partial charge >= 0.3 is 0 Å². The van der Waals surface area contributed by atoms with Crippen molar-refractivity contribution in [2.75, 3.05) is 0 Å². The summed E-state index contributed by atoms with van der Waals surface area (Å²) < 4.78 is 1.85. The van der Waals surface area contributed by atoms with Crippen LogP contribution in [0.4, 0.5) is 0 Å². The van der Waals surface area contributed by atoms with Gasteiger partial charge in [-0.2, -0.15) is 10.2 Å². The third-order valence-corrected chi connectivity index (χ3v) is 5.07. The minimum absolute atomic E-state index is 0.196. The normalized spacial score (nSPS) is 15.0. The smallest absolute Gasteiger partial charge is 0.267 e. The van der Waals surface area contributed by atoms with Gasteiger partial charge in [-0.1, -0.05) is 60.7 Å². The van der Waals surface area contributed by atoms with E-state index in [4.69, 9.17) is 5.10 Å². The predicted molar refractivity (Wildman–Crippen MR) is 116 cm³/mol. The molecule has 4 aromatic rings. The van der Waals surface area contributed by atoms with E-state index < -0.39 is 0 Å². The fourth-order valence-corrected chi connectivity index (χ4v) is 3.59. The van der Waals surface area contributed by atoms with E-state index in [1.807, 2.05) is 72.4 Å². The lowest BCUT2D eigenvalue weighted by Gasteiger charge is -2.06. The molecule has 0 spiro atoms. The molecule has 1 amide bonds. The summed E-state index contributed by atoms with van der Waals surface area (Å²) in [6, 6.07) is 24.4. The number of benzene rings is 3.